The molecule has 2 N–H and O–H groups in total. The lowest BCUT2D eigenvalue weighted by molar-refractivity contribution is 0.593. The summed E-state index contributed by atoms with van der Waals surface area (Å²) in [5.41, 5.74) is 8.97. The first-order valence-corrected chi connectivity index (χ1v) is 6.62. The third-order valence-electron chi connectivity index (χ3n) is 2.95. The Balaban J connectivity index is 2.22. The summed E-state index contributed by atoms with van der Waals surface area (Å²) < 4.78 is 14.5. The molecular formula is C15H15BrFN. The van der Waals surface area contributed by atoms with Gasteiger partial charge in [0, 0.05) is 10.5 Å². The van der Waals surface area contributed by atoms with E-state index in [9.17, 15) is 4.39 Å². The lowest BCUT2D eigenvalue weighted by Gasteiger charge is -2.15. The fourth-order valence-electron chi connectivity index (χ4n) is 1.94. The highest BCUT2D eigenvalue weighted by Crippen LogP contribution is 2.26. The fraction of sp³-hybridized carbons (Fsp3) is 0.200. The largest absolute Gasteiger partial charge is 0.324 e. The molecular weight excluding hydrogens is 293 g/mol. The van der Waals surface area contributed by atoms with Crippen molar-refractivity contribution in [1.82, 2.24) is 0 Å². The summed E-state index contributed by atoms with van der Waals surface area (Å²) >= 11 is 3.51. The molecule has 0 amide bonds. The van der Waals surface area contributed by atoms with Gasteiger partial charge in [-0.1, -0.05) is 46.3 Å². The van der Waals surface area contributed by atoms with E-state index in [1.165, 1.54) is 11.6 Å². The Labute approximate surface area is 115 Å². The number of hydrogen-bond donors (Lipinski definition) is 1. The molecule has 1 nitrogen and oxygen atoms in total. The van der Waals surface area contributed by atoms with Crippen molar-refractivity contribution in [3.8, 4) is 0 Å². The molecule has 0 saturated heterocycles. The highest BCUT2D eigenvalue weighted by Gasteiger charge is 2.12. The first kappa shape index (κ1) is 13.2. The summed E-state index contributed by atoms with van der Waals surface area (Å²) in [6.45, 7) is 2.02. The van der Waals surface area contributed by atoms with Crippen molar-refractivity contribution in [3.63, 3.8) is 0 Å². The van der Waals surface area contributed by atoms with Gasteiger partial charge in [-0.25, -0.2) is 4.39 Å². The molecule has 18 heavy (non-hydrogen) atoms. The van der Waals surface area contributed by atoms with Crippen LogP contribution in [-0.2, 0) is 6.42 Å². The van der Waals surface area contributed by atoms with Gasteiger partial charge in [-0.05, 0) is 42.2 Å². The minimum Gasteiger partial charge on any atom is -0.324 e. The quantitative estimate of drug-likeness (QED) is 0.906. The van der Waals surface area contributed by atoms with Crippen molar-refractivity contribution < 1.29 is 4.39 Å². The molecule has 3 heteroatoms. The summed E-state index contributed by atoms with van der Waals surface area (Å²) in [5, 5.41) is 0. The van der Waals surface area contributed by atoms with Gasteiger partial charge in [0.2, 0.25) is 0 Å². The maximum atomic E-state index is 13.6. The zero-order chi connectivity index (χ0) is 13.1. The van der Waals surface area contributed by atoms with E-state index in [-0.39, 0.29) is 11.9 Å². The highest BCUT2D eigenvalue weighted by molar-refractivity contribution is 9.10. The molecule has 0 fully saturated rings. The molecule has 0 aliphatic heterocycles. The Hall–Kier alpha value is -1.19. The summed E-state index contributed by atoms with van der Waals surface area (Å²) in [4.78, 5) is 0. The number of nitrogens with two attached hydrogens (primary N) is 1. The van der Waals surface area contributed by atoms with E-state index >= 15 is 0 Å². The van der Waals surface area contributed by atoms with Gasteiger partial charge in [0.1, 0.15) is 5.82 Å². The average Bonchev–Trinajstić information content (AvgIpc) is 2.32. The third-order valence-corrected chi connectivity index (χ3v) is 3.64. The molecule has 0 aliphatic carbocycles. The molecule has 1 atom stereocenters. The maximum absolute atomic E-state index is 13.6. The molecule has 94 valence electrons. The minimum atomic E-state index is -0.211. The molecule has 1 unspecified atom stereocenters. The van der Waals surface area contributed by atoms with Crippen LogP contribution in [0.1, 0.15) is 22.7 Å². The van der Waals surface area contributed by atoms with Crippen molar-refractivity contribution in [2.24, 2.45) is 5.73 Å². The second-order valence-corrected chi connectivity index (χ2v) is 5.28. The standard InChI is InChI=1S/C15H15BrFN/c1-10-6-7-12(13(16)8-10)15(18)9-11-4-2-3-5-14(11)17/h2-8,15H,9,18H2,1H3. The topological polar surface area (TPSA) is 26.0 Å². The van der Waals surface area contributed by atoms with E-state index in [1.807, 2.05) is 31.2 Å². The van der Waals surface area contributed by atoms with Crippen LogP contribution in [0.5, 0.6) is 0 Å². The van der Waals surface area contributed by atoms with Crippen molar-refractivity contribution in [2.45, 2.75) is 19.4 Å². The summed E-state index contributed by atoms with van der Waals surface area (Å²) in [7, 11) is 0. The molecule has 0 saturated carbocycles. The van der Waals surface area contributed by atoms with Gasteiger partial charge >= 0.3 is 0 Å². The Bertz CT molecular complexity index is 554. The summed E-state index contributed by atoms with van der Waals surface area (Å²) in [6, 6.07) is 12.6. The molecule has 2 rings (SSSR count). The average molecular weight is 308 g/mol. The number of rotatable bonds is 3. The van der Waals surface area contributed by atoms with E-state index in [4.69, 9.17) is 5.73 Å². The molecule has 0 aliphatic rings. The number of halogens is 2. The van der Waals surface area contributed by atoms with Gasteiger partial charge < -0.3 is 5.73 Å². The highest BCUT2D eigenvalue weighted by atomic mass is 79.9. The van der Waals surface area contributed by atoms with Crippen LogP contribution in [0.25, 0.3) is 0 Å². The molecule has 2 aromatic rings. The Morgan fingerprint density at radius 2 is 1.94 bits per heavy atom. The van der Waals surface area contributed by atoms with Gasteiger partial charge in [-0.15, -0.1) is 0 Å². The third kappa shape index (κ3) is 2.98. The molecule has 0 aromatic heterocycles. The van der Waals surface area contributed by atoms with Crippen molar-refractivity contribution >= 4 is 15.9 Å². The summed E-state index contributed by atoms with van der Waals surface area (Å²) in [6.07, 6.45) is 0.494. The van der Waals surface area contributed by atoms with Crippen LogP contribution in [0.2, 0.25) is 0 Å². The predicted octanol–water partition coefficient (Wildman–Crippen LogP) is 4.14. The van der Waals surface area contributed by atoms with E-state index in [0.29, 0.717) is 12.0 Å². The maximum Gasteiger partial charge on any atom is 0.126 e. The normalized spacial score (nSPS) is 12.4. The van der Waals surface area contributed by atoms with Crippen LogP contribution in [0, 0.1) is 12.7 Å². The smallest absolute Gasteiger partial charge is 0.126 e. The lowest BCUT2D eigenvalue weighted by Crippen LogP contribution is -2.14. The zero-order valence-electron chi connectivity index (χ0n) is 10.2. The summed E-state index contributed by atoms with van der Waals surface area (Å²) in [5.74, 6) is -0.198. The molecule has 0 radical (unpaired) electrons. The first-order valence-electron chi connectivity index (χ1n) is 5.83. The van der Waals surface area contributed by atoms with Gasteiger partial charge in [0.15, 0.2) is 0 Å². The van der Waals surface area contributed by atoms with E-state index in [0.717, 1.165) is 10.0 Å². The predicted molar refractivity (Wildman–Crippen MR) is 75.9 cm³/mol. The van der Waals surface area contributed by atoms with Gasteiger partial charge in [-0.3, -0.25) is 0 Å². The van der Waals surface area contributed by atoms with Crippen LogP contribution in [0.3, 0.4) is 0 Å². The van der Waals surface area contributed by atoms with Crippen molar-refractivity contribution in [3.05, 3.63) is 69.4 Å². The van der Waals surface area contributed by atoms with Crippen molar-refractivity contribution in [2.75, 3.05) is 0 Å². The molecule has 0 bridgehead atoms. The van der Waals surface area contributed by atoms with E-state index < -0.39 is 0 Å². The number of benzene rings is 2. The van der Waals surface area contributed by atoms with E-state index in [2.05, 4.69) is 15.9 Å². The molecule has 2 aromatic carbocycles. The van der Waals surface area contributed by atoms with Crippen LogP contribution >= 0.6 is 15.9 Å². The monoisotopic (exact) mass is 307 g/mol. The SMILES string of the molecule is Cc1ccc(C(N)Cc2ccccc2F)c(Br)c1. The van der Waals surface area contributed by atoms with Gasteiger partial charge in [0.05, 0.1) is 0 Å². The molecule has 0 spiro atoms. The first-order chi connectivity index (χ1) is 8.58. The van der Waals surface area contributed by atoms with Crippen LogP contribution in [-0.4, -0.2) is 0 Å². The number of aryl methyl sites for hydroxylation is 1. The minimum absolute atomic E-state index is 0.198. The second-order valence-electron chi connectivity index (χ2n) is 4.43. The Morgan fingerprint density at radius 1 is 1.22 bits per heavy atom. The Kier molecular flexibility index (Phi) is 4.15. The van der Waals surface area contributed by atoms with Crippen LogP contribution in [0.15, 0.2) is 46.9 Å². The Morgan fingerprint density at radius 3 is 2.61 bits per heavy atom. The van der Waals surface area contributed by atoms with Crippen LogP contribution < -0.4 is 5.73 Å². The van der Waals surface area contributed by atoms with Crippen LogP contribution in [0.4, 0.5) is 4.39 Å². The van der Waals surface area contributed by atoms with Gasteiger partial charge in [-0.2, -0.15) is 0 Å². The number of hydrogen-bond acceptors (Lipinski definition) is 1. The van der Waals surface area contributed by atoms with Gasteiger partial charge in [0.25, 0.3) is 0 Å². The second kappa shape index (κ2) is 5.63. The lowest BCUT2D eigenvalue weighted by atomic mass is 9.98. The zero-order valence-corrected chi connectivity index (χ0v) is 11.7. The fourth-order valence-corrected chi connectivity index (χ4v) is 2.73. The van der Waals surface area contributed by atoms with E-state index in [1.54, 1.807) is 12.1 Å². The molecule has 0 heterocycles. The van der Waals surface area contributed by atoms with Crippen molar-refractivity contribution in [1.29, 1.82) is 0 Å².